The summed E-state index contributed by atoms with van der Waals surface area (Å²) in [4.78, 5) is 40.6. The predicted molar refractivity (Wildman–Crippen MR) is 496 cm³/mol. The molecule has 13 aromatic rings. The highest BCUT2D eigenvalue weighted by atomic mass is 16.3. The van der Waals surface area contributed by atoms with Crippen molar-refractivity contribution in [3.8, 4) is 51.7 Å². The van der Waals surface area contributed by atoms with Gasteiger partial charge in [0.05, 0.1) is 42.7 Å². The van der Waals surface area contributed by atoms with E-state index in [9.17, 15) is 40.9 Å². The van der Waals surface area contributed by atoms with E-state index in [4.69, 9.17) is 5.11 Å². The average Bonchev–Trinajstić information content (AvgIpc) is 0.763. The summed E-state index contributed by atoms with van der Waals surface area (Å²) in [5.41, 5.74) is 13.1. The van der Waals surface area contributed by atoms with Gasteiger partial charge in [0, 0.05) is 144 Å². The minimum Gasteiger partial charge on any atom is -0.507 e. The lowest BCUT2D eigenvalue weighted by atomic mass is 9.89. The minimum absolute atomic E-state index is 0.00767. The molecule has 15 rings (SSSR count). The maximum Gasteiger partial charge on any atom is 0.129 e. The molecule has 13 aromatic carbocycles. The highest BCUT2D eigenvalue weighted by Crippen LogP contribution is 2.42. The number of unbranched alkanes of at least 4 members (excludes halogenated alkanes) is 1. The third-order valence-electron chi connectivity index (χ3n) is 18.4. The van der Waals surface area contributed by atoms with Crippen LogP contribution in [0.2, 0.25) is 0 Å². The number of aliphatic imine (C=N–C) groups is 9. The second-order valence-corrected chi connectivity index (χ2v) is 27.4. The summed E-state index contributed by atoms with van der Waals surface area (Å²) in [5.74, 6) is 2.34. The Hall–Kier alpha value is -14.9. The summed E-state index contributed by atoms with van der Waals surface area (Å²) in [6, 6.07) is 92.4. The molecule has 2 heterocycles. The van der Waals surface area contributed by atoms with Gasteiger partial charge >= 0.3 is 0 Å². The molecule has 0 radical (unpaired) electrons. The van der Waals surface area contributed by atoms with Gasteiger partial charge in [0.1, 0.15) is 51.7 Å². The number of anilines is 1. The first-order valence-corrected chi connectivity index (χ1v) is 39.7. The third-order valence-corrected chi connectivity index (χ3v) is 18.4. The largest absolute Gasteiger partial charge is 0.507 e. The Morgan fingerprint density at radius 1 is 0.342 bits per heavy atom. The molecule has 19 heteroatoms. The van der Waals surface area contributed by atoms with Crippen LogP contribution in [0.5, 0.6) is 51.7 Å². The Morgan fingerprint density at radius 3 is 1.13 bits per heavy atom. The van der Waals surface area contributed by atoms with Crippen LogP contribution in [0.25, 0.3) is 10.8 Å². The maximum absolute atomic E-state index is 10.7. The fraction of sp³-hybridized carbons (Fsp3) is 0.158. The molecule has 1 atom stereocenters. The molecule has 2 aliphatic heterocycles. The summed E-state index contributed by atoms with van der Waals surface area (Å²) < 4.78 is 0. The van der Waals surface area contributed by atoms with Crippen LogP contribution < -0.4 is 4.90 Å². The van der Waals surface area contributed by atoms with Gasteiger partial charge in [0.15, 0.2) is 0 Å². The van der Waals surface area contributed by atoms with Gasteiger partial charge in [-0.05, 0) is 189 Å². The molecule has 2 aliphatic rings. The maximum atomic E-state index is 10.7. The molecule has 0 amide bonds. The fourth-order valence-electron chi connectivity index (χ4n) is 12.1. The number of rotatable bonds is 21. The Kier molecular flexibility index (Phi) is 37.0. The van der Waals surface area contributed by atoms with Crippen LogP contribution in [0.15, 0.2) is 348 Å². The van der Waals surface area contributed by atoms with Gasteiger partial charge in [-0.2, -0.15) is 0 Å². The number of phenolic OH excluding ortho intramolecular Hbond substituents is 9. The van der Waals surface area contributed by atoms with Crippen molar-refractivity contribution in [1.29, 1.82) is 0 Å². The highest BCUT2D eigenvalue weighted by Gasteiger charge is 2.27. The first-order chi connectivity index (χ1) is 58.7. The molecule has 120 heavy (non-hydrogen) atoms. The van der Waals surface area contributed by atoms with E-state index in [1.54, 1.807) is 178 Å². The van der Waals surface area contributed by atoms with Gasteiger partial charge in [0.25, 0.3) is 0 Å². The first-order valence-electron chi connectivity index (χ1n) is 39.7. The van der Waals surface area contributed by atoms with Crippen molar-refractivity contribution >= 4 is 89.5 Å². The average molecular weight is 1600 g/mol. The van der Waals surface area contributed by atoms with Crippen molar-refractivity contribution in [1.82, 2.24) is 0 Å². The zero-order valence-electron chi connectivity index (χ0n) is 67.6. The molecule has 0 spiro atoms. The summed E-state index contributed by atoms with van der Waals surface area (Å²) >= 11 is 0. The monoisotopic (exact) mass is 1600 g/mol. The summed E-state index contributed by atoms with van der Waals surface area (Å²) in [6.45, 7) is 8.72. The number of aryl methyl sites for hydroxylation is 1. The fourth-order valence-corrected chi connectivity index (χ4v) is 12.1. The van der Waals surface area contributed by atoms with Crippen molar-refractivity contribution < 1.29 is 46.0 Å². The van der Waals surface area contributed by atoms with E-state index >= 15 is 0 Å². The van der Waals surface area contributed by atoms with Crippen molar-refractivity contribution in [2.75, 3.05) is 51.2 Å². The smallest absolute Gasteiger partial charge is 0.129 e. The van der Waals surface area contributed by atoms with Crippen LogP contribution in [0, 0.1) is 0 Å². The molecule has 0 aliphatic carbocycles. The van der Waals surface area contributed by atoms with E-state index in [-0.39, 0.29) is 46.3 Å². The number of nitrogens with zero attached hydrogens (tertiary/aromatic N) is 10. The van der Waals surface area contributed by atoms with Gasteiger partial charge in [-0.25, -0.2) is 0 Å². The van der Waals surface area contributed by atoms with Crippen LogP contribution in [-0.2, 0) is 12.8 Å². The lowest BCUT2D eigenvalue weighted by Gasteiger charge is -2.37. The lowest BCUT2D eigenvalue weighted by molar-refractivity contribution is 0.461. The number of phenols is 9. The van der Waals surface area contributed by atoms with Crippen LogP contribution >= 0.6 is 0 Å². The number of para-hydroxylation sites is 10. The van der Waals surface area contributed by atoms with E-state index in [0.717, 1.165) is 113 Å². The molecule has 19 nitrogen and oxygen atoms in total. The van der Waals surface area contributed by atoms with Crippen LogP contribution in [0.4, 0.5) is 22.7 Å². The number of aromatic hydroxyl groups is 9. The Morgan fingerprint density at radius 2 is 0.700 bits per heavy atom. The normalized spacial score (nSPS) is 12.4. The number of fused-ring (bicyclic) bond motifs is 1. The zero-order valence-corrected chi connectivity index (χ0v) is 67.6. The van der Waals surface area contributed by atoms with Gasteiger partial charge in [-0.3, -0.25) is 44.9 Å². The molecule has 0 fully saturated rings. The molecule has 1 unspecified atom stereocenters. The highest BCUT2D eigenvalue weighted by molar-refractivity contribution is 6.03. The van der Waals surface area contributed by atoms with Crippen LogP contribution in [0.1, 0.15) is 101 Å². The second kappa shape index (κ2) is 49.8. The SMILES string of the molecule is CC(CN=Cc1ccccc1O)N=Cc1ccccc1O.CCCCN=Cc1ccccc1O.CN=Cc1ccccc1O.Oc1c(C=Nc2ccccc2)cc2c3c1CCCN3CCC2.Oc1ccc2ccccc2c1C=Nc1ccccc1.Oc1ccccc1C=NCCN=Cc1ccccc1O.Oc1ccccc1C=Nc1ccccc1. The summed E-state index contributed by atoms with van der Waals surface area (Å²) in [5, 5.41) is 89.1. The predicted octanol–water partition coefficient (Wildman–Crippen LogP) is 21.0. The first kappa shape index (κ1) is 89.1. The van der Waals surface area contributed by atoms with Gasteiger partial charge < -0.3 is 50.9 Å². The van der Waals surface area contributed by atoms with Crippen molar-refractivity contribution in [3.63, 3.8) is 0 Å². The second-order valence-electron chi connectivity index (χ2n) is 27.4. The number of hydrogen-bond donors (Lipinski definition) is 9. The van der Waals surface area contributed by atoms with E-state index in [1.165, 1.54) is 17.7 Å². The summed E-state index contributed by atoms with van der Waals surface area (Å²) in [7, 11) is 1.67. The Balaban J connectivity index is 0.000000161. The molecule has 610 valence electrons. The topological polar surface area (TPSA) is 297 Å². The molecule has 0 bridgehead atoms. The standard InChI is InChI=1S/C19H20N2O.C17H18N2O2.C17H13NO.C16H16N2O2.C13H11NO.C11H15NO.C8H9NO/c22-19-15(13-20-16-7-2-1-3-8-16)12-14-6-4-10-21-11-5-9-17(19)18(14)21;1-13(19-12-15-7-3-5-9-17(15)21)10-18-11-14-6-2-4-8-16(14)20;19-17-11-10-13-6-4-5-9-15(13)16(17)12-18-14-7-2-1-3-8-14;19-15-7-3-1-5-13(15)11-17-9-10-18-12-14-6-2-4-8-16(14)20;15-13-9-5-4-6-11(13)10-14-12-7-2-1-3-8-12;1-2-3-8-12-9-10-6-4-5-7-11(10)13;1-9-6-7-4-2-3-5-8(7)10/h1-3,7-8,12-13,22H,4-6,9-11H2;2-9,11-13,20-21H,10H2,1H3;1-12,19H;1-8,11-12,19-20H,9-10H2;1-10,15H;4-7,9,13H,2-3,8H2,1H3;2-6,10H,1H3. The minimum atomic E-state index is -0.00767. The molecule has 0 saturated carbocycles. The summed E-state index contributed by atoms with van der Waals surface area (Å²) in [6.07, 6.45) is 21.7. The third kappa shape index (κ3) is 29.8. The molecule has 0 saturated heterocycles. The van der Waals surface area contributed by atoms with Gasteiger partial charge in [0.2, 0.25) is 0 Å². The van der Waals surface area contributed by atoms with E-state index in [0.29, 0.717) is 53.4 Å². The quantitative estimate of drug-likeness (QED) is 0.0242. The van der Waals surface area contributed by atoms with E-state index in [2.05, 4.69) is 62.8 Å². The van der Waals surface area contributed by atoms with Crippen molar-refractivity contribution in [3.05, 3.63) is 365 Å². The molecular formula is C101H102N10O9. The van der Waals surface area contributed by atoms with Gasteiger partial charge in [-0.1, -0.05) is 183 Å². The lowest BCUT2D eigenvalue weighted by Crippen LogP contribution is -2.34. The van der Waals surface area contributed by atoms with E-state index in [1.807, 2.05) is 189 Å². The van der Waals surface area contributed by atoms with Crippen LogP contribution in [0.3, 0.4) is 0 Å². The molecule has 9 N–H and O–H groups in total. The van der Waals surface area contributed by atoms with Gasteiger partial charge in [-0.15, -0.1) is 0 Å². The Bertz CT molecular complexity index is 5540. The molecular weight excluding hydrogens is 1500 g/mol. The Labute approximate surface area is 702 Å². The number of hydrogen-bond acceptors (Lipinski definition) is 19. The van der Waals surface area contributed by atoms with Crippen molar-refractivity contribution in [2.45, 2.75) is 58.4 Å². The molecule has 0 aromatic heterocycles. The van der Waals surface area contributed by atoms with Crippen LogP contribution in [-0.4, -0.2) is 154 Å². The van der Waals surface area contributed by atoms with E-state index < -0.39 is 0 Å². The van der Waals surface area contributed by atoms with Crippen molar-refractivity contribution in [2.24, 2.45) is 44.9 Å². The number of benzene rings is 13. The zero-order chi connectivity index (χ0) is 84.7.